The van der Waals surface area contributed by atoms with E-state index in [-0.39, 0.29) is 23.9 Å². The molecule has 1 nitrogen and oxygen atoms in total. The molecule has 1 aromatic carbocycles. The van der Waals surface area contributed by atoms with E-state index < -0.39 is 17.9 Å². The number of rotatable bonds is 2. The lowest BCUT2D eigenvalue weighted by molar-refractivity contribution is -0.182. The van der Waals surface area contributed by atoms with E-state index in [4.69, 9.17) is 11.6 Å². The van der Waals surface area contributed by atoms with E-state index >= 15 is 0 Å². The molecule has 1 saturated carbocycles. The van der Waals surface area contributed by atoms with E-state index in [2.05, 4.69) is 21.2 Å². The first-order valence-electron chi connectivity index (χ1n) is 6.25. The van der Waals surface area contributed by atoms with Crippen LogP contribution in [-0.4, -0.2) is 12.2 Å². The highest BCUT2D eigenvalue weighted by Crippen LogP contribution is 2.39. The molecule has 0 unspecified atom stereocenters. The molecule has 0 radical (unpaired) electrons. The molecular formula is C13H13BrClF4N. The molecular weight excluding hydrogens is 361 g/mol. The molecule has 1 aromatic rings. The maximum Gasteiger partial charge on any atom is 0.391 e. The van der Waals surface area contributed by atoms with Gasteiger partial charge in [-0.15, -0.1) is 0 Å². The van der Waals surface area contributed by atoms with Crippen LogP contribution in [0.4, 0.5) is 23.2 Å². The van der Waals surface area contributed by atoms with Crippen LogP contribution in [0.1, 0.15) is 25.7 Å². The van der Waals surface area contributed by atoms with Gasteiger partial charge in [0.15, 0.2) is 0 Å². The summed E-state index contributed by atoms with van der Waals surface area (Å²) in [6.45, 7) is 0. The van der Waals surface area contributed by atoms with E-state index in [1.807, 2.05) is 0 Å². The fraction of sp³-hybridized carbons (Fsp3) is 0.538. The molecule has 1 fully saturated rings. The van der Waals surface area contributed by atoms with Gasteiger partial charge in [-0.05, 0) is 53.7 Å². The quantitative estimate of drug-likeness (QED) is 0.648. The Kier molecular flexibility index (Phi) is 4.84. The van der Waals surface area contributed by atoms with Crippen molar-refractivity contribution in [3.8, 4) is 0 Å². The van der Waals surface area contributed by atoms with Crippen LogP contribution in [0.25, 0.3) is 0 Å². The van der Waals surface area contributed by atoms with Crippen molar-refractivity contribution in [1.82, 2.24) is 0 Å². The standard InChI is InChI=1S/C13H13BrClF4N/c14-10-5-8(16)6-11(15)12(10)20-9-3-1-7(2-4-9)13(17,18)19/h5-7,9,20H,1-4H2. The summed E-state index contributed by atoms with van der Waals surface area (Å²) in [5.41, 5.74) is 0.531. The van der Waals surface area contributed by atoms with Gasteiger partial charge in [-0.1, -0.05) is 11.6 Å². The smallest absolute Gasteiger partial charge is 0.380 e. The molecule has 0 bridgehead atoms. The molecule has 0 saturated heterocycles. The third kappa shape index (κ3) is 3.79. The molecule has 0 spiro atoms. The normalized spacial score (nSPS) is 23.7. The van der Waals surface area contributed by atoms with Crippen LogP contribution in [0.15, 0.2) is 16.6 Å². The van der Waals surface area contributed by atoms with Gasteiger partial charge in [0, 0.05) is 10.5 Å². The first kappa shape index (κ1) is 15.9. The SMILES string of the molecule is Fc1cc(Cl)c(NC2CCC(C(F)(F)F)CC2)c(Br)c1. The van der Waals surface area contributed by atoms with Crippen molar-refractivity contribution in [2.45, 2.75) is 37.9 Å². The van der Waals surface area contributed by atoms with Gasteiger partial charge in [-0.2, -0.15) is 13.2 Å². The van der Waals surface area contributed by atoms with Crippen molar-refractivity contribution in [1.29, 1.82) is 0 Å². The van der Waals surface area contributed by atoms with Gasteiger partial charge in [0.25, 0.3) is 0 Å². The Labute approximate surface area is 127 Å². The zero-order chi connectivity index (χ0) is 14.9. The summed E-state index contributed by atoms with van der Waals surface area (Å²) < 4.78 is 51.3. The van der Waals surface area contributed by atoms with Crippen LogP contribution >= 0.6 is 27.5 Å². The van der Waals surface area contributed by atoms with Crippen molar-refractivity contribution < 1.29 is 17.6 Å². The second kappa shape index (κ2) is 6.10. The molecule has 0 amide bonds. The summed E-state index contributed by atoms with van der Waals surface area (Å²) in [7, 11) is 0. The van der Waals surface area contributed by atoms with Gasteiger partial charge in [0.05, 0.1) is 16.6 Å². The average Bonchev–Trinajstić information content (AvgIpc) is 2.33. The fourth-order valence-electron chi connectivity index (χ4n) is 2.45. The lowest BCUT2D eigenvalue weighted by Gasteiger charge is -2.31. The number of hydrogen-bond acceptors (Lipinski definition) is 1. The lowest BCUT2D eigenvalue weighted by atomic mass is 9.85. The highest BCUT2D eigenvalue weighted by atomic mass is 79.9. The van der Waals surface area contributed by atoms with Crippen molar-refractivity contribution in [2.75, 3.05) is 5.32 Å². The third-order valence-corrected chi connectivity index (χ3v) is 4.47. The van der Waals surface area contributed by atoms with Gasteiger partial charge < -0.3 is 5.32 Å². The van der Waals surface area contributed by atoms with Gasteiger partial charge in [0.1, 0.15) is 5.82 Å². The number of anilines is 1. The van der Waals surface area contributed by atoms with E-state index in [0.29, 0.717) is 23.0 Å². The zero-order valence-corrected chi connectivity index (χ0v) is 12.7. The summed E-state index contributed by atoms with van der Waals surface area (Å²) in [5, 5.41) is 3.32. The highest BCUT2D eigenvalue weighted by Gasteiger charge is 2.41. The maximum atomic E-state index is 13.1. The summed E-state index contributed by atoms with van der Waals surface area (Å²) in [4.78, 5) is 0. The Bertz CT molecular complexity index is 461. The topological polar surface area (TPSA) is 12.0 Å². The fourth-order valence-corrected chi connectivity index (χ4v) is 3.37. The molecule has 0 aromatic heterocycles. The molecule has 0 aliphatic heterocycles. The van der Waals surface area contributed by atoms with Gasteiger partial charge in [0.2, 0.25) is 0 Å². The minimum absolute atomic E-state index is 0.0761. The first-order chi connectivity index (χ1) is 9.27. The summed E-state index contributed by atoms with van der Waals surface area (Å²) >= 11 is 9.14. The van der Waals surface area contributed by atoms with Crippen LogP contribution in [0.2, 0.25) is 5.02 Å². The third-order valence-electron chi connectivity index (χ3n) is 3.55. The van der Waals surface area contributed by atoms with E-state index in [9.17, 15) is 17.6 Å². The van der Waals surface area contributed by atoms with Gasteiger partial charge >= 0.3 is 6.18 Å². The van der Waals surface area contributed by atoms with Crippen LogP contribution in [-0.2, 0) is 0 Å². The van der Waals surface area contributed by atoms with Gasteiger partial charge in [-0.3, -0.25) is 0 Å². The summed E-state index contributed by atoms with van der Waals surface area (Å²) in [6.07, 6.45) is -3.05. The first-order valence-corrected chi connectivity index (χ1v) is 7.42. The van der Waals surface area contributed by atoms with Crippen molar-refractivity contribution >= 4 is 33.2 Å². The van der Waals surface area contributed by atoms with Crippen molar-refractivity contribution in [3.05, 3.63) is 27.4 Å². The maximum absolute atomic E-state index is 13.1. The Morgan fingerprint density at radius 1 is 1.15 bits per heavy atom. The molecule has 1 aliphatic carbocycles. The summed E-state index contributed by atoms with van der Waals surface area (Å²) in [5.74, 6) is -1.68. The Balaban J connectivity index is 2.00. The Morgan fingerprint density at radius 2 is 1.75 bits per heavy atom. The predicted molar refractivity (Wildman–Crippen MR) is 74.5 cm³/mol. The van der Waals surface area contributed by atoms with Crippen LogP contribution in [0.3, 0.4) is 0 Å². The number of alkyl halides is 3. The van der Waals surface area contributed by atoms with E-state index in [1.165, 1.54) is 12.1 Å². The average molecular weight is 375 g/mol. The number of halogens is 6. The largest absolute Gasteiger partial charge is 0.391 e. The number of hydrogen-bond donors (Lipinski definition) is 1. The summed E-state index contributed by atoms with van der Waals surface area (Å²) in [6, 6.07) is 2.37. The highest BCUT2D eigenvalue weighted by molar-refractivity contribution is 9.10. The van der Waals surface area contributed by atoms with Crippen LogP contribution in [0, 0.1) is 11.7 Å². The zero-order valence-electron chi connectivity index (χ0n) is 10.4. The predicted octanol–water partition coefficient (Wildman–Crippen LogP) is 5.77. The van der Waals surface area contributed by atoms with Crippen molar-refractivity contribution in [2.24, 2.45) is 5.92 Å². The van der Waals surface area contributed by atoms with Crippen molar-refractivity contribution in [3.63, 3.8) is 0 Å². The lowest BCUT2D eigenvalue weighted by Crippen LogP contribution is -2.32. The molecule has 112 valence electrons. The second-order valence-electron chi connectivity index (χ2n) is 4.98. The van der Waals surface area contributed by atoms with Crippen LogP contribution < -0.4 is 5.32 Å². The number of benzene rings is 1. The minimum atomic E-state index is -4.11. The van der Waals surface area contributed by atoms with E-state index in [0.717, 1.165) is 0 Å². The number of nitrogens with one attached hydrogen (secondary N) is 1. The molecule has 2 rings (SSSR count). The Morgan fingerprint density at radius 3 is 2.25 bits per heavy atom. The second-order valence-corrected chi connectivity index (χ2v) is 6.24. The molecule has 7 heteroatoms. The molecule has 1 N–H and O–H groups in total. The van der Waals surface area contributed by atoms with Crippen LogP contribution in [0.5, 0.6) is 0 Å². The molecule has 0 heterocycles. The molecule has 1 aliphatic rings. The van der Waals surface area contributed by atoms with Gasteiger partial charge in [-0.25, -0.2) is 4.39 Å². The Hall–Kier alpha value is -0.490. The minimum Gasteiger partial charge on any atom is -0.380 e. The monoisotopic (exact) mass is 373 g/mol. The molecule has 20 heavy (non-hydrogen) atoms. The molecule has 0 atom stereocenters. The van der Waals surface area contributed by atoms with E-state index in [1.54, 1.807) is 0 Å².